The van der Waals surface area contributed by atoms with E-state index in [1.807, 2.05) is 36.4 Å². The van der Waals surface area contributed by atoms with Crippen molar-refractivity contribution in [1.82, 2.24) is 15.2 Å². The molecule has 0 fully saturated rings. The molecule has 0 saturated carbocycles. The van der Waals surface area contributed by atoms with Crippen LogP contribution < -0.4 is 0 Å². The van der Waals surface area contributed by atoms with Crippen molar-refractivity contribution >= 4 is 10.9 Å². The quantitative estimate of drug-likeness (QED) is 0.558. The number of nitrogens with zero attached hydrogens (tertiary/aromatic N) is 3. The Labute approximate surface area is 125 Å². The third-order valence-corrected chi connectivity index (χ3v) is 3.33. The maximum absolute atomic E-state index is 12.9. The molecule has 0 spiro atoms. The second kappa shape index (κ2) is 5.04. The molecule has 22 heavy (non-hydrogen) atoms. The first-order chi connectivity index (χ1) is 10.8. The number of aromatic nitrogens is 3. The zero-order chi connectivity index (χ0) is 14.9. The van der Waals surface area contributed by atoms with E-state index in [1.165, 1.54) is 12.1 Å². The summed E-state index contributed by atoms with van der Waals surface area (Å²) in [5, 5.41) is 9.06. The zero-order valence-corrected chi connectivity index (χ0v) is 11.4. The SMILES string of the molecule is Fc1ccc(-c2nnc(-c3ccc4ccccc4n3)o2)cc1. The van der Waals surface area contributed by atoms with Crippen molar-refractivity contribution in [3.05, 3.63) is 66.5 Å². The lowest BCUT2D eigenvalue weighted by Crippen LogP contribution is -1.84. The van der Waals surface area contributed by atoms with Crippen LogP contribution in [0.2, 0.25) is 0 Å². The predicted molar refractivity (Wildman–Crippen MR) is 80.4 cm³/mol. The molecule has 2 heterocycles. The van der Waals surface area contributed by atoms with Crippen molar-refractivity contribution in [1.29, 1.82) is 0 Å². The van der Waals surface area contributed by atoms with Gasteiger partial charge in [0.1, 0.15) is 11.5 Å². The van der Waals surface area contributed by atoms with Gasteiger partial charge in [0, 0.05) is 10.9 Å². The first-order valence-electron chi connectivity index (χ1n) is 6.75. The fourth-order valence-electron chi connectivity index (χ4n) is 2.22. The van der Waals surface area contributed by atoms with Gasteiger partial charge in [0.2, 0.25) is 5.89 Å². The van der Waals surface area contributed by atoms with Crippen LogP contribution in [-0.2, 0) is 0 Å². The van der Waals surface area contributed by atoms with Gasteiger partial charge in [-0.1, -0.05) is 24.3 Å². The van der Waals surface area contributed by atoms with E-state index in [2.05, 4.69) is 15.2 Å². The van der Waals surface area contributed by atoms with Gasteiger partial charge in [-0.15, -0.1) is 10.2 Å². The van der Waals surface area contributed by atoms with Crippen molar-refractivity contribution in [2.75, 3.05) is 0 Å². The maximum atomic E-state index is 12.9. The number of rotatable bonds is 2. The molecular formula is C17H10FN3O. The molecule has 4 rings (SSSR count). The van der Waals surface area contributed by atoms with Crippen LogP contribution in [0.4, 0.5) is 4.39 Å². The van der Waals surface area contributed by atoms with Crippen LogP contribution in [0.3, 0.4) is 0 Å². The Bertz CT molecular complexity index is 947. The molecule has 0 saturated heterocycles. The molecule has 0 aliphatic rings. The first kappa shape index (κ1) is 12.6. The summed E-state index contributed by atoms with van der Waals surface area (Å²) in [5.41, 5.74) is 2.14. The Morgan fingerprint density at radius 2 is 1.55 bits per heavy atom. The molecule has 106 valence electrons. The van der Waals surface area contributed by atoms with E-state index in [9.17, 15) is 4.39 Å². The average Bonchev–Trinajstić information content (AvgIpc) is 3.05. The third-order valence-electron chi connectivity index (χ3n) is 3.33. The summed E-state index contributed by atoms with van der Waals surface area (Å²) in [4.78, 5) is 4.51. The normalized spacial score (nSPS) is 11.0. The Morgan fingerprint density at radius 1 is 0.773 bits per heavy atom. The molecule has 2 aromatic carbocycles. The standard InChI is InChI=1S/C17H10FN3O/c18-13-8-5-12(6-9-13)16-20-21-17(22-16)15-10-7-11-3-1-2-4-14(11)19-15/h1-10H. The molecule has 0 bridgehead atoms. The molecule has 0 amide bonds. The van der Waals surface area contributed by atoms with Gasteiger partial charge < -0.3 is 4.42 Å². The van der Waals surface area contributed by atoms with Crippen molar-refractivity contribution < 1.29 is 8.81 Å². The summed E-state index contributed by atoms with van der Waals surface area (Å²) in [7, 11) is 0. The summed E-state index contributed by atoms with van der Waals surface area (Å²) in [6, 6.07) is 17.5. The van der Waals surface area contributed by atoms with E-state index in [0.717, 1.165) is 10.9 Å². The van der Waals surface area contributed by atoms with E-state index < -0.39 is 0 Å². The van der Waals surface area contributed by atoms with Gasteiger partial charge in [-0.3, -0.25) is 0 Å². The van der Waals surface area contributed by atoms with Crippen LogP contribution in [0.15, 0.2) is 65.1 Å². The van der Waals surface area contributed by atoms with Gasteiger partial charge in [-0.05, 0) is 36.4 Å². The first-order valence-corrected chi connectivity index (χ1v) is 6.75. The second-order valence-corrected chi connectivity index (χ2v) is 4.81. The van der Waals surface area contributed by atoms with Crippen molar-refractivity contribution in [2.45, 2.75) is 0 Å². The minimum atomic E-state index is -0.306. The molecule has 5 heteroatoms. The average molecular weight is 291 g/mol. The summed E-state index contributed by atoms with van der Waals surface area (Å²) in [6.07, 6.45) is 0. The van der Waals surface area contributed by atoms with Crippen LogP contribution in [0, 0.1) is 5.82 Å². The van der Waals surface area contributed by atoms with E-state index in [1.54, 1.807) is 12.1 Å². The second-order valence-electron chi connectivity index (χ2n) is 4.81. The number of hydrogen-bond acceptors (Lipinski definition) is 4. The van der Waals surface area contributed by atoms with E-state index in [0.29, 0.717) is 23.0 Å². The highest BCUT2D eigenvalue weighted by molar-refractivity contribution is 5.80. The molecule has 2 aromatic heterocycles. The van der Waals surface area contributed by atoms with Gasteiger partial charge in [0.05, 0.1) is 5.52 Å². The number of fused-ring (bicyclic) bond motifs is 1. The van der Waals surface area contributed by atoms with E-state index >= 15 is 0 Å². The molecule has 0 N–H and O–H groups in total. The molecule has 0 aliphatic heterocycles. The lowest BCUT2D eigenvalue weighted by Gasteiger charge is -1.98. The number of para-hydroxylation sites is 1. The predicted octanol–water partition coefficient (Wildman–Crippen LogP) is 4.09. The highest BCUT2D eigenvalue weighted by Crippen LogP contribution is 2.24. The lowest BCUT2D eigenvalue weighted by molar-refractivity contribution is 0.581. The van der Waals surface area contributed by atoms with Crippen LogP contribution >= 0.6 is 0 Å². The highest BCUT2D eigenvalue weighted by Gasteiger charge is 2.12. The monoisotopic (exact) mass is 291 g/mol. The smallest absolute Gasteiger partial charge is 0.266 e. The highest BCUT2D eigenvalue weighted by atomic mass is 19.1. The molecule has 4 nitrogen and oxygen atoms in total. The Hall–Kier alpha value is -3.08. The van der Waals surface area contributed by atoms with Gasteiger partial charge in [-0.25, -0.2) is 9.37 Å². The molecule has 0 radical (unpaired) electrons. The van der Waals surface area contributed by atoms with Gasteiger partial charge >= 0.3 is 0 Å². The summed E-state index contributed by atoms with van der Waals surface area (Å²) in [6.45, 7) is 0. The Kier molecular flexibility index (Phi) is 2.89. The lowest BCUT2D eigenvalue weighted by atomic mass is 10.2. The fourth-order valence-corrected chi connectivity index (χ4v) is 2.22. The van der Waals surface area contributed by atoms with Crippen molar-refractivity contribution in [3.63, 3.8) is 0 Å². The summed E-state index contributed by atoms with van der Waals surface area (Å²) < 4.78 is 18.6. The topological polar surface area (TPSA) is 51.8 Å². The Morgan fingerprint density at radius 3 is 2.41 bits per heavy atom. The van der Waals surface area contributed by atoms with Crippen molar-refractivity contribution in [3.8, 4) is 23.0 Å². The van der Waals surface area contributed by atoms with Gasteiger partial charge in [-0.2, -0.15) is 0 Å². The van der Waals surface area contributed by atoms with Gasteiger partial charge in [0.25, 0.3) is 5.89 Å². The minimum Gasteiger partial charge on any atom is -0.415 e. The molecule has 4 aromatic rings. The molecule has 0 aliphatic carbocycles. The summed E-state index contributed by atoms with van der Waals surface area (Å²) >= 11 is 0. The Balaban J connectivity index is 1.74. The van der Waals surface area contributed by atoms with Crippen LogP contribution in [0.25, 0.3) is 33.9 Å². The molecule has 0 atom stereocenters. The fraction of sp³-hybridized carbons (Fsp3) is 0. The van der Waals surface area contributed by atoms with Crippen LogP contribution in [0.1, 0.15) is 0 Å². The van der Waals surface area contributed by atoms with E-state index in [4.69, 9.17) is 4.42 Å². The number of pyridine rings is 1. The zero-order valence-electron chi connectivity index (χ0n) is 11.4. The van der Waals surface area contributed by atoms with Crippen LogP contribution in [0.5, 0.6) is 0 Å². The largest absolute Gasteiger partial charge is 0.415 e. The minimum absolute atomic E-state index is 0.306. The van der Waals surface area contributed by atoms with Gasteiger partial charge in [0.15, 0.2) is 0 Å². The third kappa shape index (κ3) is 2.22. The molecule has 0 unspecified atom stereocenters. The van der Waals surface area contributed by atoms with E-state index in [-0.39, 0.29) is 5.82 Å². The van der Waals surface area contributed by atoms with Crippen LogP contribution in [-0.4, -0.2) is 15.2 Å². The molecular weight excluding hydrogens is 281 g/mol. The summed E-state index contributed by atoms with van der Waals surface area (Å²) in [5.74, 6) is 0.370. The number of benzene rings is 2. The maximum Gasteiger partial charge on any atom is 0.266 e. The number of hydrogen-bond donors (Lipinski definition) is 0. The number of halogens is 1. The van der Waals surface area contributed by atoms with Crippen molar-refractivity contribution in [2.24, 2.45) is 0 Å².